The van der Waals surface area contributed by atoms with Crippen LogP contribution in [0.1, 0.15) is 342 Å². The Morgan fingerprint density at radius 2 is 0.495 bits per heavy atom. The van der Waals surface area contributed by atoms with E-state index in [9.17, 15) is 43.5 Å². The van der Waals surface area contributed by atoms with E-state index in [-0.39, 0.29) is 19.3 Å². The van der Waals surface area contributed by atoms with Crippen molar-refractivity contribution in [3.63, 3.8) is 0 Å². The van der Waals surface area contributed by atoms with Crippen molar-refractivity contribution in [2.75, 3.05) is 39.6 Å². The van der Waals surface area contributed by atoms with Crippen molar-refractivity contribution in [1.29, 1.82) is 0 Å². The SMILES string of the molecule is CC/C=C\C/C=C\C/C=C\C/C=C\C/C=C\CCCCCC(=O)OCC(COP(=O)(O)OCC(O)COP(=O)(O)OCC(O)COC(=O)CCCCCCCCCCCCCCCCCCC/C=C\C/C=C\C/C=C\C/C=C\CCCCC)OC(=O)CCCCCCCC/C=C\C/C=C\C/C=C\CCCCC. The number of aliphatic hydroxyl groups excluding tert-OH is 2. The van der Waals surface area contributed by atoms with E-state index in [1.807, 2.05) is 0 Å². The lowest BCUT2D eigenvalue weighted by Crippen LogP contribution is -2.30. The van der Waals surface area contributed by atoms with Crippen molar-refractivity contribution < 1.29 is 75.8 Å². The molecule has 0 heterocycles. The Kier molecular flexibility index (Phi) is 77.5. The molecule has 0 amide bonds. The number of phosphoric acid groups is 2. The first-order valence-electron chi connectivity index (χ1n) is 42.1. The number of carbonyl (C=O) groups excluding carboxylic acids is 3. The van der Waals surface area contributed by atoms with Crippen LogP contribution in [0.5, 0.6) is 0 Å². The molecule has 4 N–H and O–H groups in total. The maximum absolute atomic E-state index is 13.0. The Labute approximate surface area is 651 Å². The summed E-state index contributed by atoms with van der Waals surface area (Å²) in [5.74, 6) is -1.62. The third kappa shape index (κ3) is 82.2. The van der Waals surface area contributed by atoms with E-state index >= 15 is 0 Å². The Morgan fingerprint density at radius 1 is 0.271 bits per heavy atom. The highest BCUT2D eigenvalue weighted by Gasteiger charge is 2.29. The van der Waals surface area contributed by atoms with Gasteiger partial charge in [0.1, 0.15) is 25.4 Å². The number of rotatable bonds is 79. The minimum Gasteiger partial charge on any atom is -0.463 e. The second-order valence-corrected chi connectivity index (χ2v) is 30.8. The lowest BCUT2D eigenvalue weighted by molar-refractivity contribution is -0.161. The van der Waals surface area contributed by atoms with Crippen molar-refractivity contribution in [2.24, 2.45) is 0 Å². The van der Waals surface area contributed by atoms with Crippen LogP contribution in [0.4, 0.5) is 0 Å². The highest BCUT2D eigenvalue weighted by atomic mass is 31.2. The molecule has 0 saturated heterocycles. The van der Waals surface area contributed by atoms with Crippen molar-refractivity contribution in [2.45, 2.75) is 360 Å². The van der Waals surface area contributed by atoms with Crippen molar-refractivity contribution in [1.82, 2.24) is 0 Å². The van der Waals surface area contributed by atoms with Crippen molar-refractivity contribution >= 4 is 33.6 Å². The number of hydrogen-bond donors (Lipinski definition) is 4. The van der Waals surface area contributed by atoms with E-state index in [0.717, 1.165) is 148 Å². The molecule has 0 saturated carbocycles. The fraction of sp³-hybridized carbons (Fsp3) is 0.697. The fourth-order valence-electron chi connectivity index (χ4n) is 11.1. The predicted octanol–water partition coefficient (Wildman–Crippen LogP) is 25.2. The molecular weight excluding hydrogens is 1390 g/mol. The fourth-order valence-corrected chi connectivity index (χ4v) is 12.7. The van der Waals surface area contributed by atoms with Crippen LogP contribution in [0.15, 0.2) is 146 Å². The van der Waals surface area contributed by atoms with E-state index in [1.165, 1.54) is 135 Å². The average molecular weight is 1540 g/mol. The summed E-state index contributed by atoms with van der Waals surface area (Å²) in [6.45, 7) is 2.48. The van der Waals surface area contributed by atoms with E-state index in [4.69, 9.17) is 32.3 Å². The van der Waals surface area contributed by atoms with Crippen LogP contribution in [0.25, 0.3) is 0 Å². The summed E-state index contributed by atoms with van der Waals surface area (Å²) < 4.78 is 61.2. The smallest absolute Gasteiger partial charge is 0.463 e. The van der Waals surface area contributed by atoms with E-state index in [0.29, 0.717) is 19.3 Å². The maximum atomic E-state index is 13.0. The molecule has 0 bridgehead atoms. The van der Waals surface area contributed by atoms with Gasteiger partial charge in [-0.1, -0.05) is 321 Å². The summed E-state index contributed by atoms with van der Waals surface area (Å²) in [5.41, 5.74) is 0. The first-order chi connectivity index (χ1) is 52.2. The molecule has 0 aliphatic heterocycles. The minimum atomic E-state index is -4.95. The zero-order valence-electron chi connectivity index (χ0n) is 67.3. The first-order valence-corrected chi connectivity index (χ1v) is 45.1. The molecule has 0 aliphatic carbocycles. The summed E-state index contributed by atoms with van der Waals surface area (Å²) in [7, 11) is -9.81. The topological polar surface area (TPSA) is 231 Å². The molecule has 0 radical (unpaired) electrons. The van der Waals surface area contributed by atoms with Crippen LogP contribution in [0.3, 0.4) is 0 Å². The van der Waals surface area contributed by atoms with Crippen LogP contribution in [-0.4, -0.2) is 95.9 Å². The first kappa shape index (κ1) is 102. The lowest BCUT2D eigenvalue weighted by atomic mass is 10.0. The number of esters is 3. The third-order valence-corrected chi connectivity index (χ3v) is 19.4. The van der Waals surface area contributed by atoms with Gasteiger partial charge in [0, 0.05) is 19.3 Å². The molecule has 107 heavy (non-hydrogen) atoms. The molecule has 0 aromatic carbocycles. The van der Waals surface area contributed by atoms with Crippen LogP contribution in [0, 0.1) is 0 Å². The monoisotopic (exact) mass is 1540 g/mol. The second kappa shape index (κ2) is 80.9. The average Bonchev–Trinajstić information content (AvgIpc) is 0.934. The zero-order chi connectivity index (χ0) is 78.0. The Hall–Kier alpha value is -4.57. The number of aliphatic hydroxyl groups is 2. The molecule has 0 fully saturated rings. The largest absolute Gasteiger partial charge is 0.472 e. The lowest BCUT2D eigenvalue weighted by Gasteiger charge is -2.21. The van der Waals surface area contributed by atoms with Gasteiger partial charge in [-0.05, 0) is 148 Å². The van der Waals surface area contributed by atoms with Crippen molar-refractivity contribution in [3.8, 4) is 0 Å². The summed E-state index contributed by atoms with van der Waals surface area (Å²) >= 11 is 0. The number of unbranched alkanes of at least 4 members (excludes halogenated alkanes) is 32. The van der Waals surface area contributed by atoms with Gasteiger partial charge in [0.05, 0.1) is 26.4 Å². The maximum Gasteiger partial charge on any atom is 0.472 e. The molecule has 0 rings (SSSR count). The van der Waals surface area contributed by atoms with E-state index in [1.54, 1.807) is 0 Å². The predicted molar refractivity (Wildman–Crippen MR) is 445 cm³/mol. The molecule has 5 atom stereocenters. The number of carbonyl (C=O) groups is 3. The molecular formula is C89H152O16P2. The standard InChI is InChI=1S/C89H152O16P2/c1-4-7-10-13-16-19-22-25-28-31-34-35-36-37-38-39-40-41-42-43-44-45-46-47-50-52-54-57-60-63-66-69-72-75-87(92)99-78-84(90)79-101-106(95,96)102-80-85(91)81-103-107(97,98)104-83-86(105-89(94)77-74-71-68-65-62-59-56-53-49-33-30-27-24-21-18-15-12-9-6-3)82-100-88(93)76-73-70-67-64-61-58-55-51-48-32-29-26-23-20-17-14-11-8-5-2/h8,11,16-21,25-30,34-35,37-38,48-49,51,53,58,61,84-86,90-91H,4-7,9-10,12-15,22-24,31-33,36,39-47,50,52,54-57,59-60,62-83H2,1-3H3,(H,95,96)(H,97,98)/b11-8-,19-16-,20-17-,21-18-,28-25-,29-26-,30-27-,35-34-,38-37-,51-48-,53-49-,61-58-. The Morgan fingerprint density at radius 3 is 0.794 bits per heavy atom. The van der Waals surface area contributed by atoms with Gasteiger partial charge in [-0.25, -0.2) is 9.13 Å². The zero-order valence-corrected chi connectivity index (χ0v) is 69.1. The summed E-state index contributed by atoms with van der Waals surface area (Å²) in [6.07, 6.45) is 100. The molecule has 5 unspecified atom stereocenters. The molecule has 16 nitrogen and oxygen atoms in total. The molecule has 0 spiro atoms. The summed E-state index contributed by atoms with van der Waals surface area (Å²) in [5, 5.41) is 20.7. The summed E-state index contributed by atoms with van der Waals surface area (Å²) in [4.78, 5) is 58.7. The van der Waals surface area contributed by atoms with Gasteiger partial charge in [0.15, 0.2) is 6.10 Å². The second-order valence-electron chi connectivity index (χ2n) is 27.9. The van der Waals surface area contributed by atoms with Gasteiger partial charge < -0.3 is 34.2 Å². The van der Waals surface area contributed by atoms with Crippen LogP contribution in [-0.2, 0) is 55.8 Å². The van der Waals surface area contributed by atoms with Gasteiger partial charge in [-0.15, -0.1) is 0 Å². The molecule has 0 aromatic rings. The number of hydrogen-bond acceptors (Lipinski definition) is 14. The highest BCUT2D eigenvalue weighted by molar-refractivity contribution is 7.47. The van der Waals surface area contributed by atoms with Gasteiger partial charge in [-0.3, -0.25) is 32.5 Å². The van der Waals surface area contributed by atoms with Crippen LogP contribution in [0.2, 0.25) is 0 Å². The third-order valence-electron chi connectivity index (χ3n) is 17.5. The normalized spacial score (nSPS) is 14.6. The Bertz CT molecular complexity index is 2530. The van der Waals surface area contributed by atoms with Crippen molar-refractivity contribution in [3.05, 3.63) is 146 Å². The molecule has 0 aliphatic rings. The van der Waals surface area contributed by atoms with Gasteiger partial charge >= 0.3 is 33.6 Å². The number of ether oxygens (including phenoxy) is 3. The molecule has 0 aromatic heterocycles. The Balaban J connectivity index is 4.52. The van der Waals surface area contributed by atoms with E-state index in [2.05, 4.69) is 167 Å². The minimum absolute atomic E-state index is 0.0786. The van der Waals surface area contributed by atoms with Gasteiger partial charge in [0.2, 0.25) is 0 Å². The van der Waals surface area contributed by atoms with Crippen LogP contribution < -0.4 is 0 Å². The number of phosphoric ester groups is 2. The highest BCUT2D eigenvalue weighted by Crippen LogP contribution is 2.45. The van der Waals surface area contributed by atoms with Gasteiger partial charge in [-0.2, -0.15) is 0 Å². The van der Waals surface area contributed by atoms with E-state index < -0.39 is 91.5 Å². The van der Waals surface area contributed by atoms with Gasteiger partial charge in [0.25, 0.3) is 0 Å². The number of allylic oxidation sites excluding steroid dienone is 24. The molecule has 614 valence electrons. The summed E-state index contributed by atoms with van der Waals surface area (Å²) in [6, 6.07) is 0. The quantitative estimate of drug-likeness (QED) is 0.0146. The van der Waals surface area contributed by atoms with Crippen LogP contribution >= 0.6 is 15.6 Å². The molecule has 18 heteroatoms.